The Morgan fingerprint density at radius 3 is 2.79 bits per heavy atom. The Balaban J connectivity index is 2.16. The van der Waals surface area contributed by atoms with Crippen LogP contribution in [0.15, 0.2) is 28.8 Å². The van der Waals surface area contributed by atoms with Gasteiger partial charge in [-0.1, -0.05) is 36.7 Å². The minimum Gasteiger partial charge on any atom is -0.337 e. The minimum absolute atomic E-state index is 0.266. The molecular formula is C14H18FN3O. The molecule has 0 spiro atoms. The zero-order chi connectivity index (χ0) is 13.9. The van der Waals surface area contributed by atoms with Crippen molar-refractivity contribution >= 4 is 0 Å². The van der Waals surface area contributed by atoms with Crippen molar-refractivity contribution in [3.63, 3.8) is 0 Å². The van der Waals surface area contributed by atoms with Crippen molar-refractivity contribution in [3.05, 3.63) is 47.4 Å². The Kier molecular flexibility index (Phi) is 3.95. The molecule has 0 aliphatic carbocycles. The predicted octanol–water partition coefficient (Wildman–Crippen LogP) is 2.77. The number of rotatable bonds is 5. The number of halogens is 1. The predicted molar refractivity (Wildman–Crippen MR) is 70.0 cm³/mol. The fourth-order valence-electron chi connectivity index (χ4n) is 2.00. The molecule has 102 valence electrons. The Bertz CT molecular complexity index is 551. The zero-order valence-corrected chi connectivity index (χ0v) is 11.2. The average molecular weight is 263 g/mol. The molecule has 0 radical (unpaired) electrons. The van der Waals surface area contributed by atoms with E-state index in [1.165, 1.54) is 6.07 Å². The van der Waals surface area contributed by atoms with Crippen LogP contribution in [0.1, 0.15) is 44.0 Å². The standard InChI is InChI=1S/C14H18FN3O/c1-3-8-14(2,16)13-17-12(18-19-13)9-10-6-4-5-7-11(10)15/h4-7H,3,8-9,16H2,1-2H3. The van der Waals surface area contributed by atoms with E-state index in [0.717, 1.165) is 12.8 Å². The third kappa shape index (κ3) is 3.17. The van der Waals surface area contributed by atoms with Crippen LogP contribution in [0.4, 0.5) is 4.39 Å². The number of nitrogens with two attached hydrogens (primary N) is 1. The highest BCUT2D eigenvalue weighted by molar-refractivity contribution is 5.20. The van der Waals surface area contributed by atoms with Crippen LogP contribution < -0.4 is 5.73 Å². The quantitative estimate of drug-likeness (QED) is 0.900. The van der Waals surface area contributed by atoms with Crippen LogP contribution in [-0.4, -0.2) is 10.1 Å². The van der Waals surface area contributed by atoms with Crippen molar-refractivity contribution in [1.29, 1.82) is 0 Å². The molecule has 2 aromatic rings. The van der Waals surface area contributed by atoms with Crippen molar-refractivity contribution in [2.24, 2.45) is 5.73 Å². The van der Waals surface area contributed by atoms with Gasteiger partial charge < -0.3 is 10.3 Å². The molecule has 5 heteroatoms. The molecule has 0 aliphatic rings. The lowest BCUT2D eigenvalue weighted by atomic mass is 9.98. The van der Waals surface area contributed by atoms with Crippen LogP contribution in [0, 0.1) is 5.82 Å². The first-order chi connectivity index (χ1) is 9.03. The van der Waals surface area contributed by atoms with E-state index >= 15 is 0 Å². The fourth-order valence-corrected chi connectivity index (χ4v) is 2.00. The third-order valence-corrected chi connectivity index (χ3v) is 3.03. The molecule has 0 saturated heterocycles. The first-order valence-corrected chi connectivity index (χ1v) is 6.38. The fraction of sp³-hybridized carbons (Fsp3) is 0.429. The van der Waals surface area contributed by atoms with Gasteiger partial charge in [-0.25, -0.2) is 4.39 Å². The maximum atomic E-state index is 13.5. The van der Waals surface area contributed by atoms with E-state index < -0.39 is 5.54 Å². The Labute approximate surface area is 111 Å². The molecule has 0 aliphatic heterocycles. The molecule has 1 aromatic heterocycles. The molecule has 0 bridgehead atoms. The van der Waals surface area contributed by atoms with Crippen molar-refractivity contribution in [2.45, 2.75) is 38.6 Å². The summed E-state index contributed by atoms with van der Waals surface area (Å²) in [5.41, 5.74) is 6.03. The number of hydrogen-bond acceptors (Lipinski definition) is 4. The summed E-state index contributed by atoms with van der Waals surface area (Å²) in [7, 11) is 0. The molecule has 0 fully saturated rings. The van der Waals surface area contributed by atoms with E-state index in [1.54, 1.807) is 18.2 Å². The minimum atomic E-state index is -0.630. The van der Waals surface area contributed by atoms with Crippen LogP contribution in [0.5, 0.6) is 0 Å². The topological polar surface area (TPSA) is 64.9 Å². The lowest BCUT2D eigenvalue weighted by Crippen LogP contribution is -2.33. The largest absolute Gasteiger partial charge is 0.337 e. The van der Waals surface area contributed by atoms with Crippen molar-refractivity contribution in [1.82, 2.24) is 10.1 Å². The molecular weight excluding hydrogens is 245 g/mol. The van der Waals surface area contributed by atoms with Gasteiger partial charge in [0.05, 0.1) is 5.54 Å². The normalized spacial score (nSPS) is 14.3. The number of benzene rings is 1. The van der Waals surface area contributed by atoms with Gasteiger partial charge in [0.25, 0.3) is 0 Å². The van der Waals surface area contributed by atoms with Gasteiger partial charge in [-0.05, 0) is 25.0 Å². The maximum absolute atomic E-state index is 13.5. The third-order valence-electron chi connectivity index (χ3n) is 3.03. The Morgan fingerprint density at radius 2 is 2.11 bits per heavy atom. The van der Waals surface area contributed by atoms with E-state index in [-0.39, 0.29) is 5.82 Å². The molecule has 1 atom stereocenters. The van der Waals surface area contributed by atoms with Gasteiger partial charge in [0, 0.05) is 6.42 Å². The first-order valence-electron chi connectivity index (χ1n) is 6.38. The molecule has 0 amide bonds. The SMILES string of the molecule is CCCC(C)(N)c1nc(Cc2ccccc2F)no1. The van der Waals surface area contributed by atoms with Crippen molar-refractivity contribution in [2.75, 3.05) is 0 Å². The van der Waals surface area contributed by atoms with E-state index in [1.807, 2.05) is 13.8 Å². The van der Waals surface area contributed by atoms with Crippen molar-refractivity contribution in [3.8, 4) is 0 Å². The van der Waals surface area contributed by atoms with E-state index in [4.69, 9.17) is 10.3 Å². The molecule has 2 N–H and O–H groups in total. The summed E-state index contributed by atoms with van der Waals surface area (Å²) in [6, 6.07) is 6.56. The number of nitrogens with zero attached hydrogens (tertiary/aromatic N) is 2. The van der Waals surface area contributed by atoms with Gasteiger partial charge in [-0.15, -0.1) is 0 Å². The lowest BCUT2D eigenvalue weighted by Gasteiger charge is -2.18. The van der Waals surface area contributed by atoms with Gasteiger partial charge in [0.1, 0.15) is 5.82 Å². The highest BCUT2D eigenvalue weighted by Crippen LogP contribution is 2.22. The van der Waals surface area contributed by atoms with Crippen molar-refractivity contribution < 1.29 is 8.91 Å². The van der Waals surface area contributed by atoms with E-state index in [0.29, 0.717) is 23.7 Å². The van der Waals surface area contributed by atoms with Gasteiger partial charge in [0.15, 0.2) is 5.82 Å². The van der Waals surface area contributed by atoms with Crippen LogP contribution >= 0.6 is 0 Å². The first kappa shape index (κ1) is 13.7. The second-order valence-electron chi connectivity index (χ2n) is 4.95. The maximum Gasteiger partial charge on any atom is 0.246 e. The summed E-state index contributed by atoms with van der Waals surface area (Å²) < 4.78 is 18.7. The van der Waals surface area contributed by atoms with Crippen LogP contribution in [0.25, 0.3) is 0 Å². The lowest BCUT2D eigenvalue weighted by molar-refractivity contribution is 0.282. The number of hydrogen-bond donors (Lipinski definition) is 1. The summed E-state index contributed by atoms with van der Waals surface area (Å²) >= 11 is 0. The molecule has 1 unspecified atom stereocenters. The summed E-state index contributed by atoms with van der Waals surface area (Å²) in [6.07, 6.45) is 1.99. The highest BCUT2D eigenvalue weighted by Gasteiger charge is 2.27. The van der Waals surface area contributed by atoms with Crippen LogP contribution in [0.2, 0.25) is 0 Å². The summed E-state index contributed by atoms with van der Waals surface area (Å²) in [5, 5.41) is 3.87. The van der Waals surface area contributed by atoms with Gasteiger partial charge in [-0.2, -0.15) is 4.98 Å². The van der Waals surface area contributed by atoms with Gasteiger partial charge in [-0.3, -0.25) is 0 Å². The highest BCUT2D eigenvalue weighted by atomic mass is 19.1. The van der Waals surface area contributed by atoms with E-state index in [9.17, 15) is 4.39 Å². The molecule has 2 rings (SSSR count). The zero-order valence-electron chi connectivity index (χ0n) is 11.2. The number of aromatic nitrogens is 2. The summed E-state index contributed by atoms with van der Waals surface area (Å²) in [6.45, 7) is 3.90. The monoisotopic (exact) mass is 263 g/mol. The molecule has 1 aromatic carbocycles. The van der Waals surface area contributed by atoms with Gasteiger partial charge in [0.2, 0.25) is 5.89 Å². The smallest absolute Gasteiger partial charge is 0.246 e. The second-order valence-corrected chi connectivity index (χ2v) is 4.95. The Morgan fingerprint density at radius 1 is 1.37 bits per heavy atom. The van der Waals surface area contributed by atoms with Gasteiger partial charge >= 0.3 is 0 Å². The average Bonchev–Trinajstić information content (AvgIpc) is 2.81. The summed E-state index contributed by atoms with van der Waals surface area (Å²) in [5.74, 6) is 0.589. The molecule has 19 heavy (non-hydrogen) atoms. The Hall–Kier alpha value is -1.75. The van der Waals surface area contributed by atoms with Crippen LogP contribution in [-0.2, 0) is 12.0 Å². The molecule has 4 nitrogen and oxygen atoms in total. The second kappa shape index (κ2) is 5.48. The summed E-state index contributed by atoms with van der Waals surface area (Å²) in [4.78, 5) is 4.27. The van der Waals surface area contributed by atoms with Crippen LogP contribution in [0.3, 0.4) is 0 Å². The molecule has 0 saturated carbocycles. The van der Waals surface area contributed by atoms with E-state index in [2.05, 4.69) is 10.1 Å². The molecule has 1 heterocycles.